The molecule has 0 radical (unpaired) electrons. The zero-order valence-corrected chi connectivity index (χ0v) is 13.3. The predicted molar refractivity (Wildman–Crippen MR) is 95.2 cm³/mol. The molecule has 4 rings (SSSR count). The summed E-state index contributed by atoms with van der Waals surface area (Å²) in [6, 6.07) is 23.2. The van der Waals surface area contributed by atoms with Crippen molar-refractivity contribution in [3.8, 4) is 11.3 Å². The summed E-state index contributed by atoms with van der Waals surface area (Å²) >= 11 is 0. The second-order valence-corrected chi connectivity index (χ2v) is 5.77. The van der Waals surface area contributed by atoms with Crippen LogP contribution >= 0.6 is 0 Å². The summed E-state index contributed by atoms with van der Waals surface area (Å²) in [6.07, 6.45) is 1.89. The smallest absolute Gasteiger partial charge is 0.197 e. The van der Waals surface area contributed by atoms with Crippen molar-refractivity contribution in [2.75, 3.05) is 0 Å². The largest absolute Gasteiger partial charge is 0.288 e. The van der Waals surface area contributed by atoms with Crippen LogP contribution in [0.3, 0.4) is 0 Å². The molecule has 2 heterocycles. The number of carbonyl (C=O) groups excluding carboxylic acids is 1. The first-order chi connectivity index (χ1) is 11.8. The molecule has 0 aliphatic heterocycles. The number of ketones is 1. The van der Waals surface area contributed by atoms with Gasteiger partial charge in [-0.25, -0.2) is 4.52 Å². The van der Waals surface area contributed by atoms with Gasteiger partial charge in [0.2, 0.25) is 0 Å². The van der Waals surface area contributed by atoms with E-state index in [-0.39, 0.29) is 5.78 Å². The van der Waals surface area contributed by atoms with Crippen molar-refractivity contribution in [2.24, 2.45) is 0 Å². The van der Waals surface area contributed by atoms with E-state index >= 15 is 0 Å². The molecular formula is C21H16N2O. The Balaban J connectivity index is 2.03. The number of fused-ring (bicyclic) bond motifs is 1. The van der Waals surface area contributed by atoms with Crippen LogP contribution in [0, 0.1) is 6.92 Å². The molecule has 0 saturated heterocycles. The number of aryl methyl sites for hydroxylation is 1. The van der Waals surface area contributed by atoms with Crippen LogP contribution in [-0.4, -0.2) is 15.4 Å². The summed E-state index contributed by atoms with van der Waals surface area (Å²) in [5.74, 6) is -0.00115. The van der Waals surface area contributed by atoms with E-state index in [1.807, 2.05) is 85.9 Å². The lowest BCUT2D eigenvalue weighted by atomic mass is 9.97. The van der Waals surface area contributed by atoms with Gasteiger partial charge in [0.25, 0.3) is 0 Å². The van der Waals surface area contributed by atoms with Gasteiger partial charge >= 0.3 is 0 Å². The van der Waals surface area contributed by atoms with E-state index in [0.29, 0.717) is 11.1 Å². The van der Waals surface area contributed by atoms with E-state index < -0.39 is 0 Å². The molecule has 3 nitrogen and oxygen atoms in total. The third-order valence-electron chi connectivity index (χ3n) is 4.17. The summed E-state index contributed by atoms with van der Waals surface area (Å²) in [5.41, 5.74) is 4.90. The van der Waals surface area contributed by atoms with Gasteiger partial charge in [-0.05, 0) is 18.6 Å². The molecule has 4 aromatic rings. The van der Waals surface area contributed by atoms with Crippen LogP contribution in [0.2, 0.25) is 0 Å². The first kappa shape index (κ1) is 14.4. The van der Waals surface area contributed by atoms with Gasteiger partial charge in [-0.15, -0.1) is 0 Å². The van der Waals surface area contributed by atoms with E-state index in [9.17, 15) is 4.79 Å². The van der Waals surface area contributed by atoms with Crippen molar-refractivity contribution < 1.29 is 4.79 Å². The minimum absolute atomic E-state index is 0.00115. The molecule has 2 aromatic heterocycles. The summed E-state index contributed by atoms with van der Waals surface area (Å²) in [5, 5.41) is 4.69. The fourth-order valence-electron chi connectivity index (χ4n) is 3.02. The molecular weight excluding hydrogens is 296 g/mol. The average Bonchev–Trinajstić information content (AvgIpc) is 3.03. The number of aromatic nitrogens is 2. The monoisotopic (exact) mass is 312 g/mol. The van der Waals surface area contributed by atoms with Crippen molar-refractivity contribution >= 4 is 11.3 Å². The Kier molecular flexibility index (Phi) is 3.47. The number of carbonyl (C=O) groups is 1. The van der Waals surface area contributed by atoms with Crippen LogP contribution in [0.4, 0.5) is 0 Å². The Morgan fingerprint density at radius 1 is 0.875 bits per heavy atom. The highest BCUT2D eigenvalue weighted by Crippen LogP contribution is 2.29. The maximum Gasteiger partial charge on any atom is 0.197 e. The molecule has 0 saturated carbocycles. The van der Waals surface area contributed by atoms with Gasteiger partial charge < -0.3 is 0 Å². The molecule has 0 aliphatic rings. The fourth-order valence-corrected chi connectivity index (χ4v) is 3.02. The molecule has 0 aliphatic carbocycles. The first-order valence-corrected chi connectivity index (χ1v) is 7.89. The Labute approximate surface area is 140 Å². The maximum atomic E-state index is 13.2. The minimum Gasteiger partial charge on any atom is -0.288 e. The van der Waals surface area contributed by atoms with Crippen LogP contribution in [0.5, 0.6) is 0 Å². The van der Waals surface area contributed by atoms with Crippen LogP contribution in [0.15, 0.2) is 79.0 Å². The lowest BCUT2D eigenvalue weighted by Gasteiger charge is -2.04. The van der Waals surface area contributed by atoms with Crippen LogP contribution in [0.25, 0.3) is 16.8 Å². The van der Waals surface area contributed by atoms with Crippen molar-refractivity contribution in [1.82, 2.24) is 9.61 Å². The Hall–Kier alpha value is -3.20. The molecule has 116 valence electrons. The highest BCUT2D eigenvalue weighted by molar-refractivity contribution is 6.17. The normalized spacial score (nSPS) is 10.9. The number of pyridine rings is 1. The van der Waals surface area contributed by atoms with E-state index in [0.717, 1.165) is 22.3 Å². The van der Waals surface area contributed by atoms with E-state index in [4.69, 9.17) is 0 Å². The van der Waals surface area contributed by atoms with Crippen molar-refractivity contribution in [3.05, 3.63) is 95.7 Å². The van der Waals surface area contributed by atoms with Gasteiger partial charge in [0, 0.05) is 17.3 Å². The molecule has 24 heavy (non-hydrogen) atoms. The highest BCUT2D eigenvalue weighted by Gasteiger charge is 2.23. The topological polar surface area (TPSA) is 34.4 Å². The quantitative estimate of drug-likeness (QED) is 0.520. The molecule has 0 N–H and O–H groups in total. The van der Waals surface area contributed by atoms with Crippen LogP contribution in [0.1, 0.15) is 21.5 Å². The predicted octanol–water partition coefficient (Wildman–Crippen LogP) is 4.54. The summed E-state index contributed by atoms with van der Waals surface area (Å²) in [7, 11) is 0. The lowest BCUT2D eigenvalue weighted by Crippen LogP contribution is -2.03. The van der Waals surface area contributed by atoms with E-state index in [1.54, 1.807) is 4.52 Å². The summed E-state index contributed by atoms with van der Waals surface area (Å²) < 4.78 is 1.80. The number of hydrogen-bond acceptors (Lipinski definition) is 2. The zero-order chi connectivity index (χ0) is 16.5. The number of nitrogens with zero attached hydrogens (tertiary/aromatic N) is 2. The van der Waals surface area contributed by atoms with Gasteiger partial charge in [-0.3, -0.25) is 4.79 Å². The zero-order valence-electron chi connectivity index (χ0n) is 13.3. The van der Waals surface area contributed by atoms with Crippen LogP contribution < -0.4 is 0 Å². The Bertz CT molecular complexity index is 1020. The van der Waals surface area contributed by atoms with Gasteiger partial charge in [0.15, 0.2) is 5.78 Å². The molecule has 0 bridgehead atoms. The van der Waals surface area contributed by atoms with E-state index in [1.165, 1.54) is 0 Å². The van der Waals surface area contributed by atoms with E-state index in [2.05, 4.69) is 5.10 Å². The third-order valence-corrected chi connectivity index (χ3v) is 4.17. The second-order valence-electron chi connectivity index (χ2n) is 5.77. The second kappa shape index (κ2) is 5.78. The number of benzene rings is 2. The molecule has 0 amide bonds. The number of hydrogen-bond donors (Lipinski definition) is 0. The van der Waals surface area contributed by atoms with Crippen LogP contribution in [-0.2, 0) is 0 Å². The number of rotatable bonds is 3. The molecule has 3 heteroatoms. The lowest BCUT2D eigenvalue weighted by molar-refractivity contribution is 0.104. The first-order valence-electron chi connectivity index (χ1n) is 7.89. The molecule has 2 aromatic carbocycles. The minimum atomic E-state index is -0.00115. The molecule has 0 atom stereocenters. The van der Waals surface area contributed by atoms with Crippen molar-refractivity contribution in [3.63, 3.8) is 0 Å². The van der Waals surface area contributed by atoms with Crippen molar-refractivity contribution in [1.29, 1.82) is 0 Å². The standard InChI is InChI=1S/C21H16N2O/c1-15-9-8-14-23-20(15)18(21(24)17-12-6-3-7-13-17)19(22-23)16-10-4-2-5-11-16/h2-14H,1H3. The Morgan fingerprint density at radius 3 is 2.25 bits per heavy atom. The highest BCUT2D eigenvalue weighted by atomic mass is 16.1. The van der Waals surface area contributed by atoms with Gasteiger partial charge in [0.05, 0.1) is 11.1 Å². The third kappa shape index (κ3) is 2.31. The molecule has 0 fully saturated rings. The SMILES string of the molecule is Cc1cccn2nc(-c3ccccc3)c(C(=O)c3ccccc3)c12. The van der Waals surface area contributed by atoms with Crippen molar-refractivity contribution in [2.45, 2.75) is 6.92 Å². The molecule has 0 spiro atoms. The average molecular weight is 312 g/mol. The van der Waals surface area contributed by atoms with Gasteiger partial charge in [-0.2, -0.15) is 5.10 Å². The van der Waals surface area contributed by atoms with Gasteiger partial charge in [-0.1, -0.05) is 66.7 Å². The molecule has 0 unspecified atom stereocenters. The summed E-state index contributed by atoms with van der Waals surface area (Å²) in [4.78, 5) is 13.2. The summed E-state index contributed by atoms with van der Waals surface area (Å²) in [6.45, 7) is 2.01. The maximum absolute atomic E-state index is 13.2. The Morgan fingerprint density at radius 2 is 1.54 bits per heavy atom. The van der Waals surface area contributed by atoms with Gasteiger partial charge in [0.1, 0.15) is 5.69 Å². The fraction of sp³-hybridized carbons (Fsp3) is 0.0476.